The summed E-state index contributed by atoms with van der Waals surface area (Å²) in [4.78, 5) is 0. The number of benzene rings is 1. The molecule has 0 amide bonds. The van der Waals surface area contributed by atoms with Crippen LogP contribution in [-0.4, -0.2) is 18.5 Å². The maximum Gasteiger partial charge on any atom is 0.189 e. The first kappa shape index (κ1) is 12.3. The van der Waals surface area contributed by atoms with Gasteiger partial charge in [-0.3, -0.25) is 0 Å². The van der Waals surface area contributed by atoms with Gasteiger partial charge in [-0.25, -0.2) is 4.39 Å². The quantitative estimate of drug-likeness (QED) is 0.613. The van der Waals surface area contributed by atoms with Gasteiger partial charge in [-0.2, -0.15) is 0 Å². The highest BCUT2D eigenvalue weighted by atomic mass is 19.1. The zero-order valence-corrected chi connectivity index (χ0v) is 9.86. The fourth-order valence-corrected chi connectivity index (χ4v) is 1.58. The standard InChI is InChI=1S/C13H17FO3/c1-9(15)12-5-4-11(14)6-13(12)17-8-16-7-10-2-3-10/h4-6,9-10,15H,2-3,7-8H2,1H3. The summed E-state index contributed by atoms with van der Waals surface area (Å²) >= 11 is 0. The molecule has 1 atom stereocenters. The SMILES string of the molecule is CC(O)c1ccc(F)cc1OCOCC1CC1. The number of ether oxygens (including phenoxy) is 2. The maximum absolute atomic E-state index is 13.1. The summed E-state index contributed by atoms with van der Waals surface area (Å²) < 4.78 is 23.7. The molecule has 1 aliphatic carbocycles. The fraction of sp³-hybridized carbons (Fsp3) is 0.538. The lowest BCUT2D eigenvalue weighted by molar-refractivity contribution is 0.00815. The molecule has 0 aromatic heterocycles. The van der Waals surface area contributed by atoms with Crippen LogP contribution in [0.2, 0.25) is 0 Å². The normalized spacial score (nSPS) is 16.9. The highest BCUT2D eigenvalue weighted by Gasteiger charge is 2.21. The second-order valence-corrected chi connectivity index (χ2v) is 4.43. The minimum absolute atomic E-state index is 0.0969. The lowest BCUT2D eigenvalue weighted by Crippen LogP contribution is -2.07. The van der Waals surface area contributed by atoms with E-state index in [2.05, 4.69) is 0 Å². The van der Waals surface area contributed by atoms with Gasteiger partial charge in [-0.15, -0.1) is 0 Å². The summed E-state index contributed by atoms with van der Waals surface area (Å²) in [7, 11) is 0. The Kier molecular flexibility index (Phi) is 3.97. The zero-order valence-electron chi connectivity index (χ0n) is 9.86. The molecule has 17 heavy (non-hydrogen) atoms. The molecule has 0 heterocycles. The Balaban J connectivity index is 1.89. The lowest BCUT2D eigenvalue weighted by Gasteiger charge is -2.13. The molecule has 0 aliphatic heterocycles. The molecule has 1 saturated carbocycles. The molecule has 1 unspecified atom stereocenters. The number of aliphatic hydroxyl groups is 1. The number of rotatable bonds is 6. The van der Waals surface area contributed by atoms with Gasteiger partial charge >= 0.3 is 0 Å². The molecule has 1 aromatic carbocycles. The van der Waals surface area contributed by atoms with Crippen molar-refractivity contribution in [2.24, 2.45) is 5.92 Å². The minimum atomic E-state index is -0.686. The molecule has 1 fully saturated rings. The van der Waals surface area contributed by atoms with E-state index < -0.39 is 6.10 Å². The third-order valence-corrected chi connectivity index (χ3v) is 2.77. The molecule has 1 aliphatic rings. The van der Waals surface area contributed by atoms with Crippen molar-refractivity contribution in [3.8, 4) is 5.75 Å². The number of hydrogen-bond donors (Lipinski definition) is 1. The Morgan fingerprint density at radius 3 is 2.88 bits per heavy atom. The Morgan fingerprint density at radius 2 is 2.24 bits per heavy atom. The smallest absolute Gasteiger partial charge is 0.189 e. The van der Waals surface area contributed by atoms with Crippen LogP contribution in [0.4, 0.5) is 4.39 Å². The van der Waals surface area contributed by atoms with Crippen LogP contribution in [0, 0.1) is 11.7 Å². The minimum Gasteiger partial charge on any atom is -0.467 e. The van der Waals surface area contributed by atoms with Gasteiger partial charge in [0.1, 0.15) is 11.6 Å². The van der Waals surface area contributed by atoms with Gasteiger partial charge in [0.05, 0.1) is 12.7 Å². The van der Waals surface area contributed by atoms with Crippen LogP contribution < -0.4 is 4.74 Å². The predicted molar refractivity (Wildman–Crippen MR) is 61.2 cm³/mol. The van der Waals surface area contributed by atoms with Gasteiger partial charge in [-0.1, -0.05) is 0 Å². The first-order valence-electron chi connectivity index (χ1n) is 5.85. The van der Waals surface area contributed by atoms with E-state index in [9.17, 15) is 9.50 Å². The van der Waals surface area contributed by atoms with E-state index in [1.807, 2.05) is 0 Å². The van der Waals surface area contributed by atoms with Crippen molar-refractivity contribution >= 4 is 0 Å². The van der Waals surface area contributed by atoms with Crippen molar-refractivity contribution in [2.45, 2.75) is 25.9 Å². The second kappa shape index (κ2) is 5.47. The van der Waals surface area contributed by atoms with Gasteiger partial charge in [0.15, 0.2) is 6.79 Å². The van der Waals surface area contributed by atoms with Gasteiger partial charge < -0.3 is 14.6 Å². The summed E-state index contributed by atoms with van der Waals surface area (Å²) in [5, 5.41) is 9.51. The summed E-state index contributed by atoms with van der Waals surface area (Å²) in [6.45, 7) is 2.41. The van der Waals surface area contributed by atoms with Crippen molar-refractivity contribution in [1.29, 1.82) is 0 Å². The molecule has 4 heteroatoms. The lowest BCUT2D eigenvalue weighted by atomic mass is 10.1. The van der Waals surface area contributed by atoms with Gasteiger partial charge in [0.25, 0.3) is 0 Å². The van der Waals surface area contributed by atoms with Crippen LogP contribution in [0.25, 0.3) is 0 Å². The molecular weight excluding hydrogens is 223 g/mol. The van der Waals surface area contributed by atoms with Crippen molar-refractivity contribution in [3.63, 3.8) is 0 Å². The van der Waals surface area contributed by atoms with E-state index in [4.69, 9.17) is 9.47 Å². The van der Waals surface area contributed by atoms with Crippen LogP contribution in [0.3, 0.4) is 0 Å². The van der Waals surface area contributed by atoms with Crippen molar-refractivity contribution in [3.05, 3.63) is 29.6 Å². The van der Waals surface area contributed by atoms with Gasteiger partial charge in [-0.05, 0) is 37.8 Å². The fourth-order valence-electron chi connectivity index (χ4n) is 1.58. The molecule has 1 N–H and O–H groups in total. The van der Waals surface area contributed by atoms with Crippen molar-refractivity contribution in [2.75, 3.05) is 13.4 Å². The summed E-state index contributed by atoms with van der Waals surface area (Å²) in [5.41, 5.74) is 0.571. The van der Waals surface area contributed by atoms with E-state index in [0.717, 1.165) is 0 Å². The Labute approximate surface area is 100 Å². The molecule has 0 radical (unpaired) electrons. The monoisotopic (exact) mass is 240 g/mol. The van der Waals surface area contributed by atoms with Crippen LogP contribution in [0.15, 0.2) is 18.2 Å². The van der Waals surface area contributed by atoms with Crippen LogP contribution in [-0.2, 0) is 4.74 Å². The Morgan fingerprint density at radius 1 is 1.47 bits per heavy atom. The third-order valence-electron chi connectivity index (χ3n) is 2.77. The Hall–Kier alpha value is -1.13. The number of aliphatic hydroxyl groups excluding tert-OH is 1. The zero-order chi connectivity index (χ0) is 12.3. The summed E-state index contributed by atoms with van der Waals surface area (Å²) in [6, 6.07) is 4.10. The first-order valence-corrected chi connectivity index (χ1v) is 5.85. The summed E-state index contributed by atoms with van der Waals surface area (Å²) in [5.74, 6) is 0.629. The summed E-state index contributed by atoms with van der Waals surface area (Å²) in [6.07, 6.45) is 1.76. The molecular formula is C13H17FO3. The van der Waals surface area contributed by atoms with Crippen LogP contribution >= 0.6 is 0 Å². The highest BCUT2D eigenvalue weighted by Crippen LogP contribution is 2.29. The van der Waals surface area contributed by atoms with Gasteiger partial charge in [0, 0.05) is 11.6 Å². The second-order valence-electron chi connectivity index (χ2n) is 4.43. The van der Waals surface area contributed by atoms with Crippen molar-refractivity contribution in [1.82, 2.24) is 0 Å². The van der Waals surface area contributed by atoms with E-state index >= 15 is 0 Å². The number of halogens is 1. The Bertz CT molecular complexity index is 375. The van der Waals surface area contributed by atoms with E-state index in [0.29, 0.717) is 23.8 Å². The predicted octanol–water partition coefficient (Wildman–Crippen LogP) is 2.64. The molecule has 0 saturated heterocycles. The number of hydrogen-bond acceptors (Lipinski definition) is 3. The molecule has 2 rings (SSSR count). The molecule has 94 valence electrons. The third kappa shape index (κ3) is 3.68. The van der Waals surface area contributed by atoms with E-state index in [1.54, 1.807) is 6.92 Å². The topological polar surface area (TPSA) is 38.7 Å². The highest BCUT2D eigenvalue weighted by molar-refractivity contribution is 5.35. The molecule has 0 bridgehead atoms. The van der Waals surface area contributed by atoms with E-state index in [-0.39, 0.29) is 12.6 Å². The van der Waals surface area contributed by atoms with Gasteiger partial charge in [0.2, 0.25) is 0 Å². The maximum atomic E-state index is 13.1. The van der Waals surface area contributed by atoms with Crippen molar-refractivity contribution < 1.29 is 19.0 Å². The average molecular weight is 240 g/mol. The molecule has 1 aromatic rings. The van der Waals surface area contributed by atoms with Crippen LogP contribution in [0.1, 0.15) is 31.4 Å². The van der Waals surface area contributed by atoms with Crippen LogP contribution in [0.5, 0.6) is 5.75 Å². The average Bonchev–Trinajstić information content (AvgIpc) is 3.08. The largest absolute Gasteiger partial charge is 0.467 e. The molecule has 3 nitrogen and oxygen atoms in total. The van der Waals surface area contributed by atoms with E-state index in [1.165, 1.54) is 31.0 Å². The first-order chi connectivity index (χ1) is 8.16. The molecule has 0 spiro atoms.